The lowest BCUT2D eigenvalue weighted by Gasteiger charge is -2.28. The lowest BCUT2D eigenvalue weighted by atomic mass is 10.0. The predicted molar refractivity (Wildman–Crippen MR) is 63.0 cm³/mol. The zero-order chi connectivity index (χ0) is 10.1. The largest absolute Gasteiger partial charge is 0.383 e. The summed E-state index contributed by atoms with van der Waals surface area (Å²) in [6, 6.07) is 0.405. The fourth-order valence-corrected chi connectivity index (χ4v) is 2.21. The minimum absolute atomic E-state index is 0.315. The lowest BCUT2D eigenvalue weighted by Crippen LogP contribution is -2.26. The average Bonchev–Trinajstić information content (AvgIpc) is 2.48. The molecule has 14 heavy (non-hydrogen) atoms. The molecular weight excluding hydrogens is 293 g/mol. The maximum absolute atomic E-state index is 5.93. The number of anilines is 1. The van der Waals surface area contributed by atoms with E-state index in [0.29, 0.717) is 12.1 Å². The molecule has 1 fully saturated rings. The normalized spacial score (nSPS) is 27.9. The van der Waals surface area contributed by atoms with Crippen molar-refractivity contribution in [3.05, 3.63) is 9.77 Å². The van der Waals surface area contributed by atoms with Crippen molar-refractivity contribution in [1.29, 1.82) is 0 Å². The molecule has 1 aliphatic rings. The Morgan fingerprint density at radius 1 is 1.71 bits per heavy atom. The number of rotatable bonds is 1. The van der Waals surface area contributed by atoms with Gasteiger partial charge in [-0.25, -0.2) is 4.68 Å². The molecule has 0 amide bonds. The summed E-state index contributed by atoms with van der Waals surface area (Å²) in [4.78, 5) is 0. The highest BCUT2D eigenvalue weighted by atomic mass is 127. The second-order valence-corrected chi connectivity index (χ2v) is 4.84. The zero-order valence-electron chi connectivity index (χ0n) is 8.11. The summed E-state index contributed by atoms with van der Waals surface area (Å²) in [6.07, 6.45) is 4.14. The third-order valence-corrected chi connectivity index (χ3v) is 3.42. The Bertz CT molecular complexity index is 326. The van der Waals surface area contributed by atoms with Crippen molar-refractivity contribution in [2.24, 2.45) is 0 Å². The van der Waals surface area contributed by atoms with Crippen LogP contribution in [0.15, 0.2) is 6.20 Å². The number of nitrogen functional groups attached to an aromatic ring is 1. The Kier molecular flexibility index (Phi) is 2.96. The molecule has 5 heteroatoms. The first-order valence-corrected chi connectivity index (χ1v) is 5.86. The van der Waals surface area contributed by atoms with Crippen LogP contribution in [0.4, 0.5) is 5.82 Å². The summed E-state index contributed by atoms with van der Waals surface area (Å²) in [7, 11) is 0. The monoisotopic (exact) mass is 307 g/mol. The van der Waals surface area contributed by atoms with Crippen molar-refractivity contribution < 1.29 is 4.74 Å². The number of nitrogens with two attached hydrogens (primary N) is 1. The number of hydrogen-bond acceptors (Lipinski definition) is 3. The fourth-order valence-electron chi connectivity index (χ4n) is 1.84. The van der Waals surface area contributed by atoms with Crippen LogP contribution in [0.3, 0.4) is 0 Å². The highest BCUT2D eigenvalue weighted by Gasteiger charge is 2.23. The van der Waals surface area contributed by atoms with Crippen molar-refractivity contribution in [1.82, 2.24) is 9.78 Å². The van der Waals surface area contributed by atoms with Crippen molar-refractivity contribution in [3.63, 3.8) is 0 Å². The second-order valence-electron chi connectivity index (χ2n) is 3.68. The Morgan fingerprint density at radius 2 is 2.50 bits per heavy atom. The molecule has 78 valence electrons. The molecular formula is C9H14IN3O. The Hall–Kier alpha value is -0.300. The van der Waals surface area contributed by atoms with Crippen LogP contribution in [0.1, 0.15) is 25.8 Å². The van der Waals surface area contributed by atoms with Gasteiger partial charge in [-0.3, -0.25) is 0 Å². The average molecular weight is 307 g/mol. The van der Waals surface area contributed by atoms with E-state index in [1.165, 1.54) is 0 Å². The van der Waals surface area contributed by atoms with Crippen LogP contribution < -0.4 is 5.73 Å². The van der Waals surface area contributed by atoms with Crippen LogP contribution in [0.25, 0.3) is 0 Å². The van der Waals surface area contributed by atoms with Crippen LogP contribution in [-0.2, 0) is 4.74 Å². The summed E-state index contributed by atoms with van der Waals surface area (Å²) < 4.78 is 8.45. The molecule has 1 aromatic heterocycles. The Labute approximate surface area is 96.9 Å². The zero-order valence-corrected chi connectivity index (χ0v) is 10.3. The van der Waals surface area contributed by atoms with Gasteiger partial charge in [0, 0.05) is 6.61 Å². The van der Waals surface area contributed by atoms with Gasteiger partial charge in [0.05, 0.1) is 21.9 Å². The van der Waals surface area contributed by atoms with E-state index in [9.17, 15) is 0 Å². The molecule has 0 aliphatic carbocycles. The minimum Gasteiger partial charge on any atom is -0.383 e. The maximum Gasteiger partial charge on any atom is 0.135 e. The minimum atomic E-state index is 0.315. The second kappa shape index (κ2) is 4.06. The van der Waals surface area contributed by atoms with E-state index in [-0.39, 0.29) is 0 Å². The third kappa shape index (κ3) is 1.88. The molecule has 0 radical (unpaired) electrons. The highest BCUT2D eigenvalue weighted by molar-refractivity contribution is 14.1. The van der Waals surface area contributed by atoms with E-state index in [1.807, 2.05) is 10.9 Å². The van der Waals surface area contributed by atoms with Gasteiger partial charge >= 0.3 is 0 Å². The van der Waals surface area contributed by atoms with Gasteiger partial charge in [-0.1, -0.05) is 0 Å². The van der Waals surface area contributed by atoms with Crippen molar-refractivity contribution in [2.45, 2.75) is 31.9 Å². The molecule has 2 N–H and O–H groups in total. The molecule has 0 spiro atoms. The highest BCUT2D eigenvalue weighted by Crippen LogP contribution is 2.28. The maximum atomic E-state index is 5.93. The molecule has 1 saturated heterocycles. The number of hydrogen-bond donors (Lipinski definition) is 1. The Balaban J connectivity index is 2.18. The summed E-state index contributed by atoms with van der Waals surface area (Å²) in [6.45, 7) is 2.90. The lowest BCUT2D eigenvalue weighted by molar-refractivity contribution is 0.00398. The first-order valence-electron chi connectivity index (χ1n) is 4.78. The van der Waals surface area contributed by atoms with E-state index < -0.39 is 0 Å². The number of aromatic nitrogens is 2. The van der Waals surface area contributed by atoms with Crippen LogP contribution in [-0.4, -0.2) is 22.5 Å². The van der Waals surface area contributed by atoms with E-state index in [0.717, 1.165) is 28.8 Å². The number of halogens is 1. The molecule has 4 nitrogen and oxygen atoms in total. The molecule has 2 unspecified atom stereocenters. The van der Waals surface area contributed by atoms with E-state index >= 15 is 0 Å². The predicted octanol–water partition coefficient (Wildman–Crippen LogP) is 1.81. The Morgan fingerprint density at radius 3 is 3.07 bits per heavy atom. The summed E-state index contributed by atoms with van der Waals surface area (Å²) in [5, 5.41) is 4.30. The van der Waals surface area contributed by atoms with Gasteiger partial charge in [0.1, 0.15) is 5.82 Å². The molecule has 2 atom stereocenters. The standard InChI is InChI=1S/C9H14IN3O/c1-6-4-7(2-3-14-6)13-9(11)8(10)5-12-13/h5-7H,2-4,11H2,1H3. The van der Waals surface area contributed by atoms with E-state index in [1.54, 1.807) is 0 Å². The quantitative estimate of drug-likeness (QED) is 0.805. The molecule has 0 saturated carbocycles. The van der Waals surface area contributed by atoms with Crippen molar-refractivity contribution >= 4 is 28.4 Å². The first-order chi connectivity index (χ1) is 6.68. The van der Waals surface area contributed by atoms with Crippen molar-refractivity contribution in [3.8, 4) is 0 Å². The summed E-state index contributed by atoms with van der Waals surface area (Å²) in [5.74, 6) is 0.782. The molecule has 1 aliphatic heterocycles. The molecule has 0 bridgehead atoms. The fraction of sp³-hybridized carbons (Fsp3) is 0.667. The van der Waals surface area contributed by atoms with Crippen LogP contribution in [0.2, 0.25) is 0 Å². The number of nitrogens with zero attached hydrogens (tertiary/aromatic N) is 2. The van der Waals surface area contributed by atoms with Crippen LogP contribution in [0, 0.1) is 3.57 Å². The third-order valence-electron chi connectivity index (χ3n) is 2.59. The van der Waals surface area contributed by atoms with Crippen LogP contribution >= 0.6 is 22.6 Å². The van der Waals surface area contributed by atoms with Gasteiger partial charge in [-0.2, -0.15) is 5.10 Å². The van der Waals surface area contributed by atoms with Gasteiger partial charge in [-0.15, -0.1) is 0 Å². The van der Waals surface area contributed by atoms with Gasteiger partial charge in [0.25, 0.3) is 0 Å². The topological polar surface area (TPSA) is 53.1 Å². The van der Waals surface area contributed by atoms with Gasteiger partial charge in [0.2, 0.25) is 0 Å². The van der Waals surface area contributed by atoms with Crippen molar-refractivity contribution in [2.75, 3.05) is 12.3 Å². The summed E-state index contributed by atoms with van der Waals surface area (Å²) in [5.41, 5.74) is 5.93. The molecule has 1 aromatic rings. The molecule has 0 aromatic carbocycles. The van der Waals surface area contributed by atoms with Gasteiger partial charge in [-0.05, 0) is 42.4 Å². The first kappa shape index (κ1) is 10.2. The van der Waals surface area contributed by atoms with Gasteiger partial charge in [0.15, 0.2) is 0 Å². The SMILES string of the molecule is CC1CC(n2ncc(I)c2N)CCO1. The molecule has 2 rings (SSSR count). The van der Waals surface area contributed by atoms with E-state index in [2.05, 4.69) is 34.6 Å². The summed E-state index contributed by atoms with van der Waals surface area (Å²) >= 11 is 2.21. The smallest absolute Gasteiger partial charge is 0.135 e. The number of ether oxygens (including phenoxy) is 1. The van der Waals surface area contributed by atoms with Gasteiger partial charge < -0.3 is 10.5 Å². The molecule has 2 heterocycles. The van der Waals surface area contributed by atoms with Crippen LogP contribution in [0.5, 0.6) is 0 Å². The van der Waals surface area contributed by atoms with E-state index in [4.69, 9.17) is 10.5 Å².